The van der Waals surface area contributed by atoms with E-state index < -0.39 is 0 Å². The second-order valence-corrected chi connectivity index (χ2v) is 4.87. The summed E-state index contributed by atoms with van der Waals surface area (Å²) in [5, 5.41) is 2.94. The quantitative estimate of drug-likeness (QED) is 0.745. The number of rotatable bonds is 2. The summed E-state index contributed by atoms with van der Waals surface area (Å²) in [6, 6.07) is 1.22. The van der Waals surface area contributed by atoms with Gasteiger partial charge in [-0.25, -0.2) is 4.79 Å². The fourth-order valence-corrected chi connectivity index (χ4v) is 3.20. The molecule has 2 saturated heterocycles. The molecule has 0 unspecified atom stereocenters. The summed E-state index contributed by atoms with van der Waals surface area (Å²) in [7, 11) is 0. The van der Waals surface area contributed by atoms with Crippen molar-refractivity contribution in [2.24, 2.45) is 5.92 Å². The standard InChI is InChI=1S/C12H22N2O/c1-3-9-7-10-5-6-11(8-9)14(10)12(15)13-4-2/h9-11H,3-8H2,1-2H3,(H,13,15)/t9-,10-,11+. The number of carbonyl (C=O) groups excluding carboxylic acids is 1. The first kappa shape index (κ1) is 10.8. The lowest BCUT2D eigenvalue weighted by Gasteiger charge is -2.38. The lowest BCUT2D eigenvalue weighted by molar-refractivity contribution is 0.121. The van der Waals surface area contributed by atoms with Crippen molar-refractivity contribution < 1.29 is 4.79 Å². The molecule has 0 saturated carbocycles. The molecule has 0 aliphatic carbocycles. The number of fused-ring (bicyclic) bond motifs is 2. The van der Waals surface area contributed by atoms with Crippen molar-refractivity contribution in [1.82, 2.24) is 10.2 Å². The zero-order valence-electron chi connectivity index (χ0n) is 9.83. The van der Waals surface area contributed by atoms with E-state index in [0.717, 1.165) is 12.5 Å². The monoisotopic (exact) mass is 210 g/mol. The van der Waals surface area contributed by atoms with Crippen molar-refractivity contribution in [3.63, 3.8) is 0 Å². The molecule has 3 atom stereocenters. The summed E-state index contributed by atoms with van der Waals surface area (Å²) in [4.78, 5) is 14.0. The van der Waals surface area contributed by atoms with Gasteiger partial charge in [-0.05, 0) is 38.5 Å². The molecule has 0 aromatic heterocycles. The highest BCUT2D eigenvalue weighted by atomic mass is 16.2. The van der Waals surface area contributed by atoms with Gasteiger partial charge in [-0.1, -0.05) is 13.3 Å². The Kier molecular flexibility index (Phi) is 3.17. The van der Waals surface area contributed by atoms with Gasteiger partial charge in [0.25, 0.3) is 0 Å². The Bertz CT molecular complexity index is 228. The number of hydrogen-bond donors (Lipinski definition) is 1. The molecule has 0 spiro atoms. The summed E-state index contributed by atoms with van der Waals surface area (Å²) in [6.07, 6.45) is 6.17. The van der Waals surface area contributed by atoms with Crippen molar-refractivity contribution in [3.8, 4) is 0 Å². The molecule has 3 heteroatoms. The maximum Gasteiger partial charge on any atom is 0.317 e. The second kappa shape index (κ2) is 4.42. The molecule has 2 heterocycles. The van der Waals surface area contributed by atoms with Gasteiger partial charge in [-0.2, -0.15) is 0 Å². The average molecular weight is 210 g/mol. The highest BCUT2D eigenvalue weighted by molar-refractivity contribution is 5.75. The summed E-state index contributed by atoms with van der Waals surface area (Å²) in [6.45, 7) is 5.00. The summed E-state index contributed by atoms with van der Waals surface area (Å²) in [5.74, 6) is 0.855. The number of piperidine rings is 1. The lowest BCUT2D eigenvalue weighted by atomic mass is 9.89. The smallest absolute Gasteiger partial charge is 0.317 e. The summed E-state index contributed by atoms with van der Waals surface area (Å²) >= 11 is 0. The maximum absolute atomic E-state index is 11.9. The van der Waals surface area contributed by atoms with Gasteiger partial charge in [0.1, 0.15) is 0 Å². The van der Waals surface area contributed by atoms with Gasteiger partial charge < -0.3 is 10.2 Å². The molecule has 0 aromatic rings. The second-order valence-electron chi connectivity index (χ2n) is 4.87. The minimum atomic E-state index is 0.166. The van der Waals surface area contributed by atoms with Crippen LogP contribution in [0.3, 0.4) is 0 Å². The van der Waals surface area contributed by atoms with Gasteiger partial charge in [0, 0.05) is 18.6 Å². The van der Waals surface area contributed by atoms with Gasteiger partial charge in [0.15, 0.2) is 0 Å². The Labute approximate surface area is 92.2 Å². The third-order valence-corrected chi connectivity index (χ3v) is 3.97. The molecule has 0 radical (unpaired) electrons. The van der Waals surface area contributed by atoms with Gasteiger partial charge in [0.2, 0.25) is 0 Å². The van der Waals surface area contributed by atoms with E-state index in [1.165, 1.54) is 32.1 Å². The number of nitrogens with one attached hydrogen (secondary N) is 1. The van der Waals surface area contributed by atoms with Crippen molar-refractivity contribution in [2.45, 2.75) is 58.0 Å². The van der Waals surface area contributed by atoms with Crippen LogP contribution >= 0.6 is 0 Å². The molecule has 2 aliphatic rings. The van der Waals surface area contributed by atoms with Gasteiger partial charge in [0.05, 0.1) is 0 Å². The van der Waals surface area contributed by atoms with E-state index in [-0.39, 0.29) is 6.03 Å². The lowest BCUT2D eigenvalue weighted by Crippen LogP contribution is -2.50. The minimum absolute atomic E-state index is 0.166. The van der Waals surface area contributed by atoms with Crippen LogP contribution < -0.4 is 5.32 Å². The van der Waals surface area contributed by atoms with Crippen LogP contribution in [0.4, 0.5) is 4.79 Å². The topological polar surface area (TPSA) is 32.3 Å². The third kappa shape index (κ3) is 1.97. The first-order valence-electron chi connectivity index (χ1n) is 6.32. The van der Waals surface area contributed by atoms with Crippen LogP contribution in [0.25, 0.3) is 0 Å². The maximum atomic E-state index is 11.9. The summed E-state index contributed by atoms with van der Waals surface area (Å²) < 4.78 is 0. The van der Waals surface area contributed by atoms with Crippen LogP contribution in [0, 0.1) is 5.92 Å². The van der Waals surface area contributed by atoms with Crippen LogP contribution in [0.1, 0.15) is 46.0 Å². The van der Waals surface area contributed by atoms with Crippen molar-refractivity contribution in [3.05, 3.63) is 0 Å². The van der Waals surface area contributed by atoms with Crippen molar-refractivity contribution >= 4 is 6.03 Å². The minimum Gasteiger partial charge on any atom is -0.338 e. The molecular formula is C12H22N2O. The van der Waals surface area contributed by atoms with E-state index in [1.54, 1.807) is 0 Å². The Hall–Kier alpha value is -0.730. The van der Waals surface area contributed by atoms with E-state index in [0.29, 0.717) is 12.1 Å². The molecule has 2 amide bonds. The van der Waals surface area contributed by atoms with E-state index in [9.17, 15) is 4.79 Å². The number of hydrogen-bond acceptors (Lipinski definition) is 1. The first-order valence-corrected chi connectivity index (χ1v) is 6.32. The molecule has 2 fully saturated rings. The van der Waals surface area contributed by atoms with E-state index >= 15 is 0 Å². The number of carbonyl (C=O) groups is 1. The van der Waals surface area contributed by atoms with Crippen LogP contribution in [0.5, 0.6) is 0 Å². The molecule has 0 aromatic carbocycles. The van der Waals surface area contributed by atoms with Crippen LogP contribution in [-0.4, -0.2) is 29.6 Å². The zero-order valence-corrected chi connectivity index (χ0v) is 9.83. The molecule has 2 bridgehead atoms. The average Bonchev–Trinajstić information content (AvgIpc) is 2.50. The van der Waals surface area contributed by atoms with Crippen molar-refractivity contribution in [1.29, 1.82) is 0 Å². The molecule has 86 valence electrons. The molecule has 2 rings (SSSR count). The summed E-state index contributed by atoms with van der Waals surface area (Å²) in [5.41, 5.74) is 0. The predicted octanol–water partition coefficient (Wildman–Crippen LogP) is 2.37. The third-order valence-electron chi connectivity index (χ3n) is 3.97. The van der Waals surface area contributed by atoms with Crippen LogP contribution in [-0.2, 0) is 0 Å². The first-order chi connectivity index (χ1) is 7.26. The van der Waals surface area contributed by atoms with Gasteiger partial charge in [-0.3, -0.25) is 0 Å². The Morgan fingerprint density at radius 1 is 1.27 bits per heavy atom. The Balaban J connectivity index is 2.01. The molecule has 2 aliphatic heterocycles. The zero-order chi connectivity index (χ0) is 10.8. The van der Waals surface area contributed by atoms with Crippen LogP contribution in [0.15, 0.2) is 0 Å². The number of urea groups is 1. The highest BCUT2D eigenvalue weighted by Crippen LogP contribution is 2.39. The molecule has 15 heavy (non-hydrogen) atoms. The normalized spacial score (nSPS) is 34.3. The number of amides is 2. The largest absolute Gasteiger partial charge is 0.338 e. The van der Waals surface area contributed by atoms with Gasteiger partial charge in [-0.15, -0.1) is 0 Å². The Morgan fingerprint density at radius 3 is 2.33 bits per heavy atom. The van der Waals surface area contributed by atoms with Gasteiger partial charge >= 0.3 is 6.03 Å². The SMILES string of the molecule is CCNC(=O)N1[C@@H]2CC[C@H]1C[C@H](CC)C2. The predicted molar refractivity (Wildman–Crippen MR) is 60.7 cm³/mol. The molecule has 1 N–H and O–H groups in total. The van der Waals surface area contributed by atoms with Crippen LogP contribution in [0.2, 0.25) is 0 Å². The van der Waals surface area contributed by atoms with E-state index in [4.69, 9.17) is 0 Å². The highest BCUT2D eigenvalue weighted by Gasteiger charge is 2.42. The van der Waals surface area contributed by atoms with E-state index in [1.807, 2.05) is 6.92 Å². The fourth-order valence-electron chi connectivity index (χ4n) is 3.20. The van der Waals surface area contributed by atoms with Crippen molar-refractivity contribution in [2.75, 3.05) is 6.54 Å². The Morgan fingerprint density at radius 2 is 1.87 bits per heavy atom. The van der Waals surface area contributed by atoms with E-state index in [2.05, 4.69) is 17.1 Å². The fraction of sp³-hybridized carbons (Fsp3) is 0.917. The number of nitrogens with zero attached hydrogens (tertiary/aromatic N) is 1. The molecule has 3 nitrogen and oxygen atoms in total. The molecular weight excluding hydrogens is 188 g/mol.